The molecule has 2 atom stereocenters. The Morgan fingerprint density at radius 2 is 1.88 bits per heavy atom. The molecule has 0 aromatic heterocycles. The number of hydrogen-bond donors (Lipinski definition) is 2. The third-order valence-corrected chi connectivity index (χ3v) is 5.26. The minimum absolute atomic E-state index is 0.280. The second-order valence-corrected chi connectivity index (χ2v) is 7.64. The molecule has 132 valence electrons. The Kier molecular flexibility index (Phi) is 5.33. The van der Waals surface area contributed by atoms with Crippen LogP contribution in [0.4, 0.5) is 16.2 Å². The first-order valence-corrected chi connectivity index (χ1v) is 9.34. The number of aryl methyl sites for hydroxylation is 1. The van der Waals surface area contributed by atoms with E-state index in [9.17, 15) is 4.79 Å². The second-order valence-electron chi connectivity index (χ2n) is 6.72. The summed E-state index contributed by atoms with van der Waals surface area (Å²) >= 11 is 3.55. The number of nitrogens with one attached hydrogen (secondary N) is 2. The van der Waals surface area contributed by atoms with Crippen molar-refractivity contribution >= 4 is 33.3 Å². The molecular formula is C20H23BrN2O2. The van der Waals surface area contributed by atoms with Crippen molar-refractivity contribution in [1.82, 2.24) is 0 Å². The molecule has 4 nitrogen and oxygen atoms in total. The number of amides is 2. The molecule has 3 rings (SSSR count). The SMILES string of the molecule is Cc1ccc(NC(=O)Nc2cc(Br)cc3c2OCCC(C)C3C)cc1. The molecule has 2 N–H and O–H groups in total. The van der Waals surface area contributed by atoms with E-state index in [2.05, 4.69) is 46.5 Å². The van der Waals surface area contributed by atoms with Crippen LogP contribution >= 0.6 is 15.9 Å². The summed E-state index contributed by atoms with van der Waals surface area (Å²) in [5, 5.41) is 5.79. The first-order valence-electron chi connectivity index (χ1n) is 8.55. The van der Waals surface area contributed by atoms with Crippen LogP contribution in [0.5, 0.6) is 5.75 Å². The summed E-state index contributed by atoms with van der Waals surface area (Å²) in [6.07, 6.45) is 1.00. The fourth-order valence-electron chi connectivity index (χ4n) is 3.03. The van der Waals surface area contributed by atoms with Crippen molar-refractivity contribution in [3.8, 4) is 5.75 Å². The number of carbonyl (C=O) groups is 1. The van der Waals surface area contributed by atoms with Gasteiger partial charge >= 0.3 is 6.03 Å². The van der Waals surface area contributed by atoms with E-state index in [0.29, 0.717) is 24.1 Å². The molecule has 0 aliphatic carbocycles. The molecule has 0 fully saturated rings. The van der Waals surface area contributed by atoms with Gasteiger partial charge in [-0.05, 0) is 49.4 Å². The highest BCUT2D eigenvalue weighted by Crippen LogP contribution is 2.42. The van der Waals surface area contributed by atoms with Crippen LogP contribution in [0.15, 0.2) is 40.9 Å². The van der Waals surface area contributed by atoms with E-state index in [1.54, 1.807) is 0 Å². The zero-order valence-corrected chi connectivity index (χ0v) is 16.3. The van der Waals surface area contributed by atoms with Gasteiger partial charge < -0.3 is 15.4 Å². The van der Waals surface area contributed by atoms with Gasteiger partial charge in [-0.2, -0.15) is 0 Å². The highest BCUT2D eigenvalue weighted by molar-refractivity contribution is 9.10. The van der Waals surface area contributed by atoms with Gasteiger partial charge in [0.15, 0.2) is 0 Å². The molecule has 0 spiro atoms. The van der Waals surface area contributed by atoms with E-state index in [-0.39, 0.29) is 6.03 Å². The molecule has 0 saturated heterocycles. The molecule has 0 saturated carbocycles. The number of benzene rings is 2. The second kappa shape index (κ2) is 7.48. The third kappa shape index (κ3) is 4.15. The van der Waals surface area contributed by atoms with Crippen LogP contribution < -0.4 is 15.4 Å². The van der Waals surface area contributed by atoms with Gasteiger partial charge in [-0.3, -0.25) is 0 Å². The van der Waals surface area contributed by atoms with Gasteiger partial charge in [0.2, 0.25) is 0 Å². The number of halogens is 1. The van der Waals surface area contributed by atoms with Crippen molar-refractivity contribution < 1.29 is 9.53 Å². The average molecular weight is 403 g/mol. The van der Waals surface area contributed by atoms with Gasteiger partial charge in [0.1, 0.15) is 5.75 Å². The first kappa shape index (κ1) is 17.8. The number of fused-ring (bicyclic) bond motifs is 1. The summed E-state index contributed by atoms with van der Waals surface area (Å²) in [6, 6.07) is 11.4. The van der Waals surface area contributed by atoms with Gasteiger partial charge in [-0.15, -0.1) is 0 Å². The lowest BCUT2D eigenvalue weighted by atomic mass is 9.87. The Balaban J connectivity index is 1.83. The monoisotopic (exact) mass is 402 g/mol. The molecule has 5 heteroatoms. The summed E-state index contributed by atoms with van der Waals surface area (Å²) in [6.45, 7) is 7.12. The highest BCUT2D eigenvalue weighted by atomic mass is 79.9. The molecule has 1 aliphatic heterocycles. The lowest BCUT2D eigenvalue weighted by molar-refractivity contribution is 0.261. The minimum atomic E-state index is -0.280. The van der Waals surface area contributed by atoms with Gasteiger partial charge in [0.25, 0.3) is 0 Å². The molecular weight excluding hydrogens is 380 g/mol. The van der Waals surface area contributed by atoms with E-state index in [0.717, 1.165) is 33.5 Å². The zero-order valence-electron chi connectivity index (χ0n) is 14.7. The van der Waals surface area contributed by atoms with Gasteiger partial charge in [0, 0.05) is 15.7 Å². The lowest BCUT2D eigenvalue weighted by Crippen LogP contribution is -2.20. The van der Waals surface area contributed by atoms with Crippen LogP contribution in [0.3, 0.4) is 0 Å². The van der Waals surface area contributed by atoms with E-state index >= 15 is 0 Å². The van der Waals surface area contributed by atoms with Crippen LogP contribution in [0.2, 0.25) is 0 Å². The Morgan fingerprint density at radius 3 is 2.60 bits per heavy atom. The van der Waals surface area contributed by atoms with Crippen molar-refractivity contribution in [3.05, 3.63) is 52.0 Å². The van der Waals surface area contributed by atoms with Crippen molar-refractivity contribution in [3.63, 3.8) is 0 Å². The predicted molar refractivity (Wildman–Crippen MR) is 106 cm³/mol. The van der Waals surface area contributed by atoms with Crippen LogP contribution in [0.25, 0.3) is 0 Å². The molecule has 2 amide bonds. The number of anilines is 2. The van der Waals surface area contributed by atoms with E-state index in [1.807, 2.05) is 37.3 Å². The maximum absolute atomic E-state index is 12.4. The molecule has 2 aromatic carbocycles. The maximum Gasteiger partial charge on any atom is 0.323 e. The number of hydrogen-bond acceptors (Lipinski definition) is 2. The third-order valence-electron chi connectivity index (χ3n) is 4.80. The number of urea groups is 1. The fraction of sp³-hybridized carbons (Fsp3) is 0.350. The largest absolute Gasteiger partial charge is 0.491 e. The number of ether oxygens (including phenoxy) is 1. The fourth-order valence-corrected chi connectivity index (χ4v) is 3.51. The highest BCUT2D eigenvalue weighted by Gasteiger charge is 2.25. The summed E-state index contributed by atoms with van der Waals surface area (Å²) < 4.78 is 6.91. The molecule has 0 radical (unpaired) electrons. The van der Waals surface area contributed by atoms with Crippen molar-refractivity contribution in [1.29, 1.82) is 0 Å². The Hall–Kier alpha value is -2.01. The van der Waals surface area contributed by atoms with Gasteiger partial charge in [-0.1, -0.05) is 47.5 Å². The zero-order chi connectivity index (χ0) is 18.0. The van der Waals surface area contributed by atoms with Crippen LogP contribution in [-0.2, 0) is 0 Å². The van der Waals surface area contributed by atoms with Gasteiger partial charge in [-0.25, -0.2) is 4.79 Å². The Labute approximate surface area is 157 Å². The minimum Gasteiger partial charge on any atom is -0.491 e. The number of rotatable bonds is 2. The topological polar surface area (TPSA) is 50.4 Å². The van der Waals surface area contributed by atoms with E-state index in [1.165, 1.54) is 0 Å². The summed E-state index contributed by atoms with van der Waals surface area (Å²) in [5.41, 5.74) is 3.73. The lowest BCUT2D eigenvalue weighted by Gasteiger charge is -2.20. The maximum atomic E-state index is 12.4. The van der Waals surface area contributed by atoms with Crippen LogP contribution in [0, 0.1) is 12.8 Å². The average Bonchev–Trinajstić information content (AvgIpc) is 2.70. The Bertz CT molecular complexity index is 774. The standard InChI is InChI=1S/C20H23BrN2O2/c1-12-4-6-16(7-5-12)22-20(24)23-18-11-15(21)10-17-14(3)13(2)8-9-25-19(17)18/h4-7,10-11,13-14H,8-9H2,1-3H3,(H2,22,23,24). The molecule has 1 heterocycles. The summed E-state index contributed by atoms with van der Waals surface area (Å²) in [4.78, 5) is 12.4. The Morgan fingerprint density at radius 1 is 1.16 bits per heavy atom. The van der Waals surface area contributed by atoms with Crippen molar-refractivity contribution in [2.75, 3.05) is 17.2 Å². The molecule has 2 aromatic rings. The van der Waals surface area contributed by atoms with Crippen molar-refractivity contribution in [2.45, 2.75) is 33.1 Å². The van der Waals surface area contributed by atoms with E-state index < -0.39 is 0 Å². The van der Waals surface area contributed by atoms with Crippen molar-refractivity contribution in [2.24, 2.45) is 5.92 Å². The van der Waals surface area contributed by atoms with E-state index in [4.69, 9.17) is 4.74 Å². The summed E-state index contributed by atoms with van der Waals surface area (Å²) in [5.74, 6) is 1.68. The van der Waals surface area contributed by atoms with Crippen LogP contribution in [-0.4, -0.2) is 12.6 Å². The quantitative estimate of drug-likeness (QED) is 0.654. The summed E-state index contributed by atoms with van der Waals surface area (Å²) in [7, 11) is 0. The predicted octanol–water partition coefficient (Wildman–Crippen LogP) is 5.92. The van der Waals surface area contributed by atoms with Gasteiger partial charge in [0.05, 0.1) is 12.3 Å². The van der Waals surface area contributed by atoms with Crippen LogP contribution in [0.1, 0.15) is 37.3 Å². The smallest absolute Gasteiger partial charge is 0.323 e. The molecule has 2 unspecified atom stereocenters. The molecule has 0 bridgehead atoms. The molecule has 1 aliphatic rings. The normalized spacial score (nSPS) is 19.4. The first-order chi connectivity index (χ1) is 11.9. The number of carbonyl (C=O) groups excluding carboxylic acids is 1. The molecule has 25 heavy (non-hydrogen) atoms.